The Kier molecular flexibility index (Phi) is 3.31. The standard InChI is InChI=1S/C9H9F2NO3/c1-5(13)2-6-3-7(10)8(11)4-9(6)12(14)15/h3-5,13H,2H2,1H3. The van der Waals surface area contributed by atoms with Crippen LogP contribution in [0, 0.1) is 21.7 Å². The third kappa shape index (κ3) is 2.69. The van der Waals surface area contributed by atoms with E-state index in [0.29, 0.717) is 6.07 Å². The molecule has 1 aromatic rings. The molecule has 0 aromatic heterocycles. The molecule has 1 unspecified atom stereocenters. The Morgan fingerprint density at radius 2 is 2.00 bits per heavy atom. The van der Waals surface area contributed by atoms with E-state index in [9.17, 15) is 18.9 Å². The van der Waals surface area contributed by atoms with Gasteiger partial charge in [-0.1, -0.05) is 0 Å². The molecule has 15 heavy (non-hydrogen) atoms. The Morgan fingerprint density at radius 3 is 2.47 bits per heavy atom. The van der Waals surface area contributed by atoms with Crippen LogP contribution in [0.15, 0.2) is 12.1 Å². The van der Waals surface area contributed by atoms with Gasteiger partial charge in [0.2, 0.25) is 0 Å². The van der Waals surface area contributed by atoms with Crippen LogP contribution in [0.2, 0.25) is 0 Å². The predicted octanol–water partition coefficient (Wildman–Crippen LogP) is 1.80. The summed E-state index contributed by atoms with van der Waals surface area (Å²) in [5, 5.41) is 19.5. The maximum Gasteiger partial charge on any atom is 0.275 e. The molecule has 0 radical (unpaired) electrons. The average molecular weight is 217 g/mol. The van der Waals surface area contributed by atoms with Gasteiger partial charge in [0.25, 0.3) is 5.69 Å². The van der Waals surface area contributed by atoms with E-state index in [4.69, 9.17) is 5.11 Å². The molecule has 0 spiro atoms. The van der Waals surface area contributed by atoms with Gasteiger partial charge in [0.1, 0.15) is 0 Å². The summed E-state index contributed by atoms with van der Waals surface area (Å²) in [4.78, 5) is 9.70. The monoisotopic (exact) mass is 217 g/mol. The van der Waals surface area contributed by atoms with E-state index in [-0.39, 0.29) is 12.0 Å². The van der Waals surface area contributed by atoms with E-state index >= 15 is 0 Å². The van der Waals surface area contributed by atoms with Crippen LogP contribution in [0.5, 0.6) is 0 Å². The van der Waals surface area contributed by atoms with Crippen molar-refractivity contribution in [3.8, 4) is 0 Å². The zero-order valence-electron chi connectivity index (χ0n) is 7.91. The van der Waals surface area contributed by atoms with Gasteiger partial charge in [0.15, 0.2) is 11.6 Å². The Hall–Kier alpha value is -1.56. The topological polar surface area (TPSA) is 63.4 Å². The molecule has 0 bridgehead atoms. The normalized spacial score (nSPS) is 12.5. The van der Waals surface area contributed by atoms with Crippen LogP contribution in [0.25, 0.3) is 0 Å². The molecule has 1 atom stereocenters. The van der Waals surface area contributed by atoms with Gasteiger partial charge in [-0.05, 0) is 13.0 Å². The predicted molar refractivity (Wildman–Crippen MR) is 48.4 cm³/mol. The number of nitrogens with zero attached hydrogens (tertiary/aromatic N) is 1. The summed E-state index contributed by atoms with van der Waals surface area (Å²) >= 11 is 0. The van der Waals surface area contributed by atoms with Gasteiger partial charge >= 0.3 is 0 Å². The Balaban J connectivity index is 3.22. The minimum atomic E-state index is -1.27. The minimum Gasteiger partial charge on any atom is -0.393 e. The van der Waals surface area contributed by atoms with Crippen molar-refractivity contribution in [2.75, 3.05) is 0 Å². The molecule has 0 fully saturated rings. The van der Waals surface area contributed by atoms with E-state index in [0.717, 1.165) is 6.07 Å². The van der Waals surface area contributed by atoms with Crippen LogP contribution in [0.3, 0.4) is 0 Å². The third-order valence-corrected chi connectivity index (χ3v) is 1.83. The summed E-state index contributed by atoms with van der Waals surface area (Å²) in [6.45, 7) is 1.41. The van der Waals surface area contributed by atoms with Crippen LogP contribution in [0.4, 0.5) is 14.5 Å². The number of halogens is 2. The molecule has 1 rings (SSSR count). The van der Waals surface area contributed by atoms with Gasteiger partial charge in [0, 0.05) is 12.0 Å². The number of aliphatic hydroxyl groups excluding tert-OH is 1. The van der Waals surface area contributed by atoms with Crippen molar-refractivity contribution in [3.05, 3.63) is 39.4 Å². The lowest BCUT2D eigenvalue weighted by Gasteiger charge is -2.05. The highest BCUT2D eigenvalue weighted by atomic mass is 19.2. The molecule has 0 heterocycles. The second-order valence-electron chi connectivity index (χ2n) is 3.21. The average Bonchev–Trinajstić information content (AvgIpc) is 2.09. The minimum absolute atomic E-state index is 0.0195. The second-order valence-corrected chi connectivity index (χ2v) is 3.21. The quantitative estimate of drug-likeness (QED) is 0.620. The van der Waals surface area contributed by atoms with Crippen molar-refractivity contribution in [1.82, 2.24) is 0 Å². The first kappa shape index (κ1) is 11.5. The van der Waals surface area contributed by atoms with Crippen molar-refractivity contribution in [3.63, 3.8) is 0 Å². The van der Waals surface area contributed by atoms with Gasteiger partial charge in [-0.25, -0.2) is 8.78 Å². The second kappa shape index (κ2) is 4.31. The van der Waals surface area contributed by atoms with Crippen molar-refractivity contribution in [2.45, 2.75) is 19.4 Å². The fourth-order valence-electron chi connectivity index (χ4n) is 1.23. The number of nitro benzene ring substituents is 1. The highest BCUT2D eigenvalue weighted by molar-refractivity contribution is 5.41. The number of benzene rings is 1. The smallest absolute Gasteiger partial charge is 0.275 e. The van der Waals surface area contributed by atoms with E-state index < -0.39 is 28.3 Å². The lowest BCUT2D eigenvalue weighted by atomic mass is 10.1. The van der Waals surface area contributed by atoms with Crippen molar-refractivity contribution < 1.29 is 18.8 Å². The van der Waals surface area contributed by atoms with Gasteiger partial charge in [-0.3, -0.25) is 10.1 Å². The van der Waals surface area contributed by atoms with Crippen molar-refractivity contribution in [2.24, 2.45) is 0 Å². The number of aliphatic hydroxyl groups is 1. The van der Waals surface area contributed by atoms with E-state index in [1.165, 1.54) is 6.92 Å². The van der Waals surface area contributed by atoms with Crippen molar-refractivity contribution in [1.29, 1.82) is 0 Å². The largest absolute Gasteiger partial charge is 0.393 e. The number of hydrogen-bond donors (Lipinski definition) is 1. The molecule has 6 heteroatoms. The highest BCUT2D eigenvalue weighted by Crippen LogP contribution is 2.23. The van der Waals surface area contributed by atoms with E-state index in [2.05, 4.69) is 0 Å². The van der Waals surface area contributed by atoms with Crippen LogP contribution in [0.1, 0.15) is 12.5 Å². The molecular formula is C9H9F2NO3. The van der Waals surface area contributed by atoms with Crippen LogP contribution < -0.4 is 0 Å². The molecule has 0 aliphatic heterocycles. The third-order valence-electron chi connectivity index (χ3n) is 1.83. The molecule has 0 saturated heterocycles. The van der Waals surface area contributed by atoms with Gasteiger partial charge in [-0.2, -0.15) is 0 Å². The maximum absolute atomic E-state index is 12.8. The van der Waals surface area contributed by atoms with Crippen LogP contribution in [-0.4, -0.2) is 16.1 Å². The summed E-state index contributed by atoms with van der Waals surface area (Å²) < 4.78 is 25.5. The fourth-order valence-corrected chi connectivity index (χ4v) is 1.23. The lowest BCUT2D eigenvalue weighted by Crippen LogP contribution is -2.08. The Bertz CT molecular complexity index is 393. The van der Waals surface area contributed by atoms with Crippen LogP contribution in [-0.2, 0) is 6.42 Å². The molecule has 0 aliphatic carbocycles. The van der Waals surface area contributed by atoms with E-state index in [1.54, 1.807) is 0 Å². The summed E-state index contributed by atoms with van der Waals surface area (Å²) in [6.07, 6.45) is -0.943. The molecule has 1 N–H and O–H groups in total. The molecule has 0 amide bonds. The SMILES string of the molecule is CC(O)Cc1cc(F)c(F)cc1[N+](=O)[O-]. The summed E-state index contributed by atoms with van der Waals surface area (Å²) in [6, 6.07) is 1.26. The summed E-state index contributed by atoms with van der Waals surface area (Å²) in [5.74, 6) is -2.42. The first-order valence-corrected chi connectivity index (χ1v) is 4.22. The van der Waals surface area contributed by atoms with Gasteiger partial charge in [0.05, 0.1) is 17.1 Å². The van der Waals surface area contributed by atoms with Gasteiger partial charge < -0.3 is 5.11 Å². The Labute approximate surface area is 84.3 Å². The lowest BCUT2D eigenvalue weighted by molar-refractivity contribution is -0.385. The first-order valence-electron chi connectivity index (χ1n) is 4.22. The molecule has 1 aromatic carbocycles. The van der Waals surface area contributed by atoms with Gasteiger partial charge in [-0.15, -0.1) is 0 Å². The van der Waals surface area contributed by atoms with E-state index in [1.807, 2.05) is 0 Å². The van der Waals surface area contributed by atoms with Crippen LogP contribution >= 0.6 is 0 Å². The highest BCUT2D eigenvalue weighted by Gasteiger charge is 2.19. The molecule has 0 aliphatic rings. The molecular weight excluding hydrogens is 208 g/mol. The van der Waals surface area contributed by atoms with Crippen molar-refractivity contribution >= 4 is 5.69 Å². The fraction of sp³-hybridized carbons (Fsp3) is 0.333. The summed E-state index contributed by atoms with van der Waals surface area (Å²) in [7, 11) is 0. The Morgan fingerprint density at radius 1 is 1.47 bits per heavy atom. The summed E-state index contributed by atoms with van der Waals surface area (Å²) in [5.41, 5.74) is -0.538. The zero-order chi connectivity index (χ0) is 11.6. The molecule has 0 saturated carbocycles. The first-order chi connectivity index (χ1) is 6.91. The number of nitro groups is 1. The molecule has 4 nitrogen and oxygen atoms in total. The maximum atomic E-state index is 12.8. The number of rotatable bonds is 3. The zero-order valence-corrected chi connectivity index (χ0v) is 7.91. The number of hydrogen-bond acceptors (Lipinski definition) is 3. The molecule has 82 valence electrons.